The van der Waals surface area contributed by atoms with Crippen molar-refractivity contribution in [2.24, 2.45) is 5.10 Å². The molecule has 1 aromatic heterocycles. The normalized spacial score (nSPS) is 12.3. The fourth-order valence-electron chi connectivity index (χ4n) is 3.84. The molecule has 0 spiro atoms. The molecule has 0 saturated heterocycles. The molecule has 9 heteroatoms. The molecule has 0 amide bonds. The summed E-state index contributed by atoms with van der Waals surface area (Å²) in [6.45, 7) is 6.44. The minimum Gasteiger partial charge on any atom is -0.493 e. The van der Waals surface area contributed by atoms with Gasteiger partial charge in [0, 0.05) is 20.4 Å². The minimum absolute atomic E-state index is 0.0249. The van der Waals surface area contributed by atoms with E-state index < -0.39 is 0 Å². The third-order valence-electron chi connectivity index (χ3n) is 6.04. The third kappa shape index (κ3) is 5.92. The van der Waals surface area contributed by atoms with E-state index in [4.69, 9.17) is 26.1 Å². The van der Waals surface area contributed by atoms with Gasteiger partial charge in [-0.25, -0.2) is 4.98 Å². The second-order valence-corrected chi connectivity index (χ2v) is 10.8. The van der Waals surface area contributed by atoms with Crippen LogP contribution < -0.4 is 15.0 Å². The lowest BCUT2D eigenvalue weighted by Crippen LogP contribution is -2.23. The van der Waals surface area contributed by atoms with Crippen LogP contribution in [0.1, 0.15) is 48.7 Å². The van der Waals surface area contributed by atoms with Crippen molar-refractivity contribution >= 4 is 60.6 Å². The number of fused-ring (bicyclic) bond motifs is 1. The van der Waals surface area contributed by atoms with Crippen LogP contribution in [0.5, 0.6) is 11.5 Å². The van der Waals surface area contributed by atoms with E-state index in [1.54, 1.807) is 25.5 Å². The fraction of sp³-hybridized carbons (Fsp3) is 0.250. The Bertz CT molecular complexity index is 1550. The summed E-state index contributed by atoms with van der Waals surface area (Å²) in [6.07, 6.45) is 2.38. The monoisotopic (exact) mass is 645 g/mol. The molecule has 0 saturated carbocycles. The molecule has 192 valence electrons. The zero-order valence-corrected chi connectivity index (χ0v) is 24.8. The van der Waals surface area contributed by atoms with E-state index in [0.29, 0.717) is 49.9 Å². The Labute approximate surface area is 237 Å². The van der Waals surface area contributed by atoms with Crippen LogP contribution in [0.2, 0.25) is 5.02 Å². The zero-order chi connectivity index (χ0) is 26.7. The van der Waals surface area contributed by atoms with E-state index >= 15 is 0 Å². The summed E-state index contributed by atoms with van der Waals surface area (Å²) in [5, 5.41) is 5.38. The van der Waals surface area contributed by atoms with Crippen molar-refractivity contribution in [1.29, 1.82) is 0 Å². The van der Waals surface area contributed by atoms with Gasteiger partial charge in [0.2, 0.25) is 0 Å². The summed E-state index contributed by atoms with van der Waals surface area (Å²) in [5.74, 6) is 1.49. The maximum absolute atomic E-state index is 13.4. The lowest BCUT2D eigenvalue weighted by Gasteiger charge is -2.16. The van der Waals surface area contributed by atoms with E-state index in [0.717, 1.165) is 22.0 Å². The molecule has 0 aliphatic heterocycles. The van der Waals surface area contributed by atoms with Gasteiger partial charge in [-0.2, -0.15) is 9.78 Å². The second kappa shape index (κ2) is 11.8. The average molecular weight is 648 g/mol. The van der Waals surface area contributed by atoms with Gasteiger partial charge in [-0.15, -0.1) is 0 Å². The second-order valence-electron chi connectivity index (χ2n) is 8.71. The van der Waals surface area contributed by atoms with E-state index in [1.165, 1.54) is 4.68 Å². The van der Waals surface area contributed by atoms with Crippen LogP contribution in [0.3, 0.4) is 0 Å². The Kier molecular flexibility index (Phi) is 8.72. The molecule has 0 N–H and O–H groups in total. The quantitative estimate of drug-likeness (QED) is 0.183. The summed E-state index contributed by atoms with van der Waals surface area (Å²) in [4.78, 5) is 18.2. The van der Waals surface area contributed by atoms with E-state index in [2.05, 4.69) is 43.0 Å². The van der Waals surface area contributed by atoms with Crippen molar-refractivity contribution in [2.75, 3.05) is 7.11 Å². The molecular weight excluding hydrogens is 622 g/mol. The molecule has 1 heterocycles. The third-order valence-corrected chi connectivity index (χ3v) is 7.98. The number of hydrogen-bond donors (Lipinski definition) is 0. The summed E-state index contributed by atoms with van der Waals surface area (Å²) in [7, 11) is 1.55. The standard InChI is InChI=1S/C28H26Br2ClN3O3/c1-5-17(3)27-33-22-10-9-20(29)13-21(22)28(35)34(27)32-14-19-12-23(36-4)26(25(31)24(19)30)37-15-18-8-6-7-16(2)11-18/h6-14,17H,5,15H2,1-4H3/t17-/m0/s1. The Morgan fingerprint density at radius 2 is 1.97 bits per heavy atom. The van der Waals surface area contributed by atoms with Crippen molar-refractivity contribution in [3.05, 3.63) is 95.4 Å². The Morgan fingerprint density at radius 1 is 1.19 bits per heavy atom. The van der Waals surface area contributed by atoms with E-state index in [1.807, 2.05) is 51.1 Å². The largest absolute Gasteiger partial charge is 0.493 e. The summed E-state index contributed by atoms with van der Waals surface area (Å²) >= 11 is 13.7. The molecule has 0 radical (unpaired) electrons. The number of benzene rings is 3. The molecule has 4 aromatic rings. The topological polar surface area (TPSA) is 65.7 Å². The lowest BCUT2D eigenvalue weighted by molar-refractivity contribution is 0.284. The van der Waals surface area contributed by atoms with Crippen LogP contribution in [0.25, 0.3) is 10.9 Å². The van der Waals surface area contributed by atoms with Crippen LogP contribution in [0.15, 0.2) is 67.4 Å². The Balaban J connectivity index is 1.75. The maximum Gasteiger partial charge on any atom is 0.282 e. The number of halogens is 3. The van der Waals surface area contributed by atoms with Gasteiger partial charge in [-0.1, -0.05) is 71.2 Å². The highest BCUT2D eigenvalue weighted by Gasteiger charge is 2.19. The molecule has 4 rings (SSSR count). The molecule has 0 aliphatic rings. The first-order valence-corrected chi connectivity index (χ1v) is 13.7. The summed E-state index contributed by atoms with van der Waals surface area (Å²) in [6, 6.07) is 15.3. The highest BCUT2D eigenvalue weighted by molar-refractivity contribution is 9.10. The first-order chi connectivity index (χ1) is 17.7. The van der Waals surface area contributed by atoms with Gasteiger partial charge >= 0.3 is 0 Å². The number of rotatable bonds is 8. The molecule has 0 unspecified atom stereocenters. The van der Waals surface area contributed by atoms with E-state index in [9.17, 15) is 4.79 Å². The highest BCUT2D eigenvalue weighted by Crippen LogP contribution is 2.42. The van der Waals surface area contributed by atoms with Crippen molar-refractivity contribution < 1.29 is 9.47 Å². The number of ether oxygens (including phenoxy) is 2. The smallest absolute Gasteiger partial charge is 0.282 e. The van der Waals surface area contributed by atoms with Crippen LogP contribution in [0.4, 0.5) is 0 Å². The van der Waals surface area contributed by atoms with Crippen LogP contribution in [-0.4, -0.2) is 23.0 Å². The molecule has 0 bridgehead atoms. The lowest BCUT2D eigenvalue weighted by atomic mass is 10.1. The molecular formula is C28H26Br2ClN3O3. The van der Waals surface area contributed by atoms with Gasteiger partial charge in [0.25, 0.3) is 5.56 Å². The zero-order valence-electron chi connectivity index (χ0n) is 20.9. The highest BCUT2D eigenvalue weighted by atomic mass is 79.9. The Morgan fingerprint density at radius 3 is 2.68 bits per heavy atom. The molecule has 37 heavy (non-hydrogen) atoms. The fourth-order valence-corrected chi connectivity index (χ4v) is 4.86. The minimum atomic E-state index is -0.245. The summed E-state index contributed by atoms with van der Waals surface area (Å²) in [5.41, 5.74) is 3.18. The molecule has 3 aromatic carbocycles. The number of aromatic nitrogens is 2. The SMILES string of the molecule is CC[C@H](C)c1nc2ccc(Br)cc2c(=O)n1N=Cc1cc(OC)c(OCc2cccc(C)c2)c(Cl)c1Br. The number of aryl methyl sites for hydroxylation is 1. The average Bonchev–Trinajstić information content (AvgIpc) is 2.89. The van der Waals surface area contributed by atoms with Gasteiger partial charge < -0.3 is 9.47 Å². The van der Waals surface area contributed by atoms with Gasteiger partial charge in [0.05, 0.1) is 24.2 Å². The van der Waals surface area contributed by atoms with Crippen LogP contribution >= 0.6 is 43.5 Å². The van der Waals surface area contributed by atoms with Gasteiger partial charge in [0.1, 0.15) is 17.5 Å². The van der Waals surface area contributed by atoms with Gasteiger partial charge in [0.15, 0.2) is 11.5 Å². The van der Waals surface area contributed by atoms with Crippen LogP contribution in [0, 0.1) is 6.92 Å². The van der Waals surface area contributed by atoms with Crippen molar-refractivity contribution in [1.82, 2.24) is 9.66 Å². The number of hydrogen-bond acceptors (Lipinski definition) is 5. The summed E-state index contributed by atoms with van der Waals surface area (Å²) < 4.78 is 14.4. The predicted octanol–water partition coefficient (Wildman–Crippen LogP) is 7.87. The Hall–Kier alpha value is -2.68. The first kappa shape index (κ1) is 27.4. The maximum atomic E-state index is 13.4. The van der Waals surface area contributed by atoms with Crippen LogP contribution in [-0.2, 0) is 6.61 Å². The van der Waals surface area contributed by atoms with E-state index in [-0.39, 0.29) is 11.5 Å². The van der Waals surface area contributed by atoms with Crippen molar-refractivity contribution in [3.8, 4) is 11.5 Å². The molecule has 0 fully saturated rings. The molecule has 0 aliphatic carbocycles. The molecule has 6 nitrogen and oxygen atoms in total. The van der Waals surface area contributed by atoms with Crippen molar-refractivity contribution in [3.63, 3.8) is 0 Å². The number of methoxy groups -OCH3 is 1. The number of nitrogens with zero attached hydrogens (tertiary/aromatic N) is 3. The van der Waals surface area contributed by atoms with Crippen molar-refractivity contribution in [2.45, 2.75) is 39.7 Å². The predicted molar refractivity (Wildman–Crippen MR) is 157 cm³/mol. The first-order valence-electron chi connectivity index (χ1n) is 11.7. The van der Waals surface area contributed by atoms with Gasteiger partial charge in [-0.05, 0) is 59.1 Å². The molecule has 1 atom stereocenters. The van der Waals surface area contributed by atoms with Gasteiger partial charge in [-0.3, -0.25) is 4.79 Å².